The summed E-state index contributed by atoms with van der Waals surface area (Å²) in [6, 6.07) is 8.02. The Morgan fingerprint density at radius 2 is 2.11 bits per heavy atom. The topological polar surface area (TPSA) is 107 Å². The van der Waals surface area contributed by atoms with Crippen molar-refractivity contribution in [2.75, 3.05) is 19.8 Å². The molecular weight excluding hydrogens is 424 g/mol. The molecule has 28 heavy (non-hydrogen) atoms. The predicted molar refractivity (Wildman–Crippen MR) is 113 cm³/mol. The van der Waals surface area contributed by atoms with Crippen LogP contribution in [0.1, 0.15) is 19.4 Å². The molecule has 1 amide bonds. The van der Waals surface area contributed by atoms with E-state index in [2.05, 4.69) is 31.6 Å². The monoisotopic (exact) mass is 448 g/mol. The van der Waals surface area contributed by atoms with E-state index in [1.165, 1.54) is 0 Å². The molecule has 7 nitrogen and oxygen atoms in total. The number of carbonyl (C=O) groups excluding carboxylic acids is 1. The van der Waals surface area contributed by atoms with Crippen molar-refractivity contribution >= 4 is 34.3 Å². The largest absolute Gasteiger partial charge is 0.388 e. The molecule has 1 aliphatic heterocycles. The maximum absolute atomic E-state index is 12.3. The summed E-state index contributed by atoms with van der Waals surface area (Å²) in [5.41, 5.74) is 1.34. The number of hydrogen-bond donors (Lipinski definition) is 4. The number of allylic oxidation sites excluding steroid dienone is 1. The summed E-state index contributed by atoms with van der Waals surface area (Å²) >= 11 is 3.41. The van der Waals surface area contributed by atoms with Crippen LogP contribution in [0.2, 0.25) is 0 Å². The highest BCUT2D eigenvalue weighted by molar-refractivity contribution is 9.10. The van der Waals surface area contributed by atoms with Crippen molar-refractivity contribution in [1.82, 2.24) is 10.6 Å². The van der Waals surface area contributed by atoms with E-state index < -0.39 is 11.5 Å². The number of hydrogen-bond acceptors (Lipinski definition) is 6. The molecule has 4 N–H and O–H groups in total. The molecule has 8 heteroatoms. The highest BCUT2D eigenvalue weighted by Crippen LogP contribution is 2.15. The zero-order valence-electron chi connectivity index (χ0n) is 16.0. The summed E-state index contributed by atoms with van der Waals surface area (Å²) in [7, 11) is 0. The zero-order valence-corrected chi connectivity index (χ0v) is 17.5. The molecule has 0 bridgehead atoms. The maximum Gasteiger partial charge on any atom is 0.256 e. The number of amides is 1. The first kappa shape index (κ1) is 22.0. The van der Waals surface area contributed by atoms with E-state index in [4.69, 9.17) is 10.1 Å². The molecule has 0 saturated heterocycles. The molecule has 1 heterocycles. The standard InChI is InChI=1S/C20H25BrN4O3/c1-20(2,27)13-28-8-7-23-19(26)17(10-22)18-24-11-15(12-25-18)9-14-3-5-16(21)6-4-14/h3-6,10-12,22,24,27H,7-9,13H2,1-2H3,(H,23,26)/b18-17-,22-10?. The molecule has 0 saturated carbocycles. The lowest BCUT2D eigenvalue weighted by atomic mass is 10.1. The number of benzene rings is 1. The number of carbonyl (C=O) groups is 1. The molecule has 0 aliphatic carbocycles. The van der Waals surface area contributed by atoms with Crippen molar-refractivity contribution in [3.63, 3.8) is 0 Å². The van der Waals surface area contributed by atoms with Gasteiger partial charge in [0.05, 0.1) is 24.4 Å². The molecule has 0 aromatic heterocycles. The fourth-order valence-electron chi connectivity index (χ4n) is 2.36. The van der Waals surface area contributed by atoms with Gasteiger partial charge >= 0.3 is 0 Å². The lowest BCUT2D eigenvalue weighted by Gasteiger charge is -2.17. The third-order valence-electron chi connectivity index (χ3n) is 3.71. The first-order chi connectivity index (χ1) is 13.3. The van der Waals surface area contributed by atoms with Gasteiger partial charge in [-0.2, -0.15) is 0 Å². The van der Waals surface area contributed by atoms with E-state index in [-0.39, 0.29) is 25.3 Å². The third kappa shape index (κ3) is 7.38. The van der Waals surface area contributed by atoms with Gasteiger partial charge in [-0.25, -0.2) is 4.99 Å². The third-order valence-corrected chi connectivity index (χ3v) is 4.24. The summed E-state index contributed by atoms with van der Waals surface area (Å²) in [5, 5.41) is 22.8. The van der Waals surface area contributed by atoms with Crippen molar-refractivity contribution in [2.24, 2.45) is 4.99 Å². The second-order valence-electron chi connectivity index (χ2n) is 6.95. The number of halogens is 1. The van der Waals surface area contributed by atoms with Gasteiger partial charge < -0.3 is 25.9 Å². The predicted octanol–water partition coefficient (Wildman–Crippen LogP) is 2.31. The van der Waals surface area contributed by atoms with E-state index in [0.29, 0.717) is 12.2 Å². The molecule has 1 aromatic carbocycles. The molecule has 0 fully saturated rings. The molecule has 1 aromatic rings. The quantitative estimate of drug-likeness (QED) is 0.264. The number of rotatable bonds is 9. The molecule has 0 atom stereocenters. The molecule has 150 valence electrons. The van der Waals surface area contributed by atoms with Crippen LogP contribution in [0, 0.1) is 5.41 Å². The van der Waals surface area contributed by atoms with E-state index in [0.717, 1.165) is 21.8 Å². The normalized spacial score (nSPS) is 15.5. The van der Waals surface area contributed by atoms with Crippen LogP contribution in [-0.4, -0.2) is 48.8 Å². The van der Waals surface area contributed by atoms with E-state index in [1.807, 2.05) is 24.3 Å². The van der Waals surface area contributed by atoms with Crippen LogP contribution in [0.15, 0.2) is 56.9 Å². The van der Waals surface area contributed by atoms with Crippen LogP contribution >= 0.6 is 15.9 Å². The van der Waals surface area contributed by atoms with Gasteiger partial charge in [0.2, 0.25) is 0 Å². The molecule has 2 rings (SSSR count). The van der Waals surface area contributed by atoms with Crippen molar-refractivity contribution in [3.8, 4) is 0 Å². The summed E-state index contributed by atoms with van der Waals surface area (Å²) in [4.78, 5) is 16.6. The number of aliphatic imine (C=N–C) groups is 1. The minimum absolute atomic E-state index is 0.137. The fraction of sp³-hybridized carbons (Fsp3) is 0.350. The van der Waals surface area contributed by atoms with Crippen LogP contribution in [0.25, 0.3) is 0 Å². The minimum Gasteiger partial charge on any atom is -0.388 e. The summed E-state index contributed by atoms with van der Waals surface area (Å²) < 4.78 is 6.32. The first-order valence-corrected chi connectivity index (χ1v) is 9.65. The second kappa shape index (κ2) is 10.3. The van der Waals surface area contributed by atoms with Crippen molar-refractivity contribution in [1.29, 1.82) is 5.41 Å². The van der Waals surface area contributed by atoms with Crippen LogP contribution < -0.4 is 10.6 Å². The Morgan fingerprint density at radius 3 is 2.68 bits per heavy atom. The average molecular weight is 449 g/mol. The SMILES string of the molecule is CC(C)(O)COCCNC(=O)/C(C=N)=C1\N=CC(Cc2ccc(Br)cc2)=CN1. The molecule has 0 spiro atoms. The van der Waals surface area contributed by atoms with Gasteiger partial charge in [0.1, 0.15) is 5.82 Å². The van der Waals surface area contributed by atoms with Crippen molar-refractivity contribution in [2.45, 2.75) is 25.9 Å². The smallest absolute Gasteiger partial charge is 0.256 e. The second-order valence-corrected chi connectivity index (χ2v) is 7.87. The lowest BCUT2D eigenvalue weighted by Crippen LogP contribution is -2.33. The van der Waals surface area contributed by atoms with E-state index in [1.54, 1.807) is 26.3 Å². The zero-order chi connectivity index (χ0) is 20.6. The lowest BCUT2D eigenvalue weighted by molar-refractivity contribution is -0.117. The van der Waals surface area contributed by atoms with Gasteiger partial charge in [-0.1, -0.05) is 28.1 Å². The van der Waals surface area contributed by atoms with Gasteiger partial charge in [-0.3, -0.25) is 4.79 Å². The highest BCUT2D eigenvalue weighted by atomic mass is 79.9. The Hall–Kier alpha value is -2.29. The minimum atomic E-state index is -0.910. The number of ether oxygens (including phenoxy) is 1. The Labute approximate surface area is 173 Å². The highest BCUT2D eigenvalue weighted by Gasteiger charge is 2.15. The van der Waals surface area contributed by atoms with Crippen LogP contribution in [0.3, 0.4) is 0 Å². The molecular formula is C20H25BrN4O3. The van der Waals surface area contributed by atoms with Crippen LogP contribution in [0.4, 0.5) is 0 Å². The van der Waals surface area contributed by atoms with E-state index in [9.17, 15) is 9.90 Å². The summed E-state index contributed by atoms with van der Waals surface area (Å²) in [6.07, 6.45) is 5.16. The molecule has 0 unspecified atom stereocenters. The van der Waals surface area contributed by atoms with Gasteiger partial charge in [0.25, 0.3) is 5.91 Å². The number of aliphatic hydroxyl groups is 1. The van der Waals surface area contributed by atoms with Crippen LogP contribution in [-0.2, 0) is 16.0 Å². The van der Waals surface area contributed by atoms with Gasteiger partial charge in [0, 0.05) is 36.1 Å². The molecule has 1 aliphatic rings. The van der Waals surface area contributed by atoms with Crippen LogP contribution in [0.5, 0.6) is 0 Å². The Balaban J connectivity index is 1.88. The van der Waals surface area contributed by atoms with Gasteiger partial charge in [-0.05, 0) is 37.1 Å². The van der Waals surface area contributed by atoms with Crippen molar-refractivity contribution in [3.05, 3.63) is 57.5 Å². The number of nitrogens with one attached hydrogen (secondary N) is 3. The Bertz CT molecular complexity index is 793. The molecule has 0 radical (unpaired) electrons. The summed E-state index contributed by atoms with van der Waals surface area (Å²) in [5.74, 6) is -0.0873. The Kier molecular flexibility index (Phi) is 8.10. The fourth-order valence-corrected chi connectivity index (χ4v) is 2.62. The van der Waals surface area contributed by atoms with Gasteiger partial charge in [0.15, 0.2) is 0 Å². The summed E-state index contributed by atoms with van der Waals surface area (Å²) in [6.45, 7) is 4.01. The van der Waals surface area contributed by atoms with Crippen molar-refractivity contribution < 1.29 is 14.6 Å². The first-order valence-electron chi connectivity index (χ1n) is 8.85. The van der Waals surface area contributed by atoms with Gasteiger partial charge in [-0.15, -0.1) is 0 Å². The van der Waals surface area contributed by atoms with E-state index >= 15 is 0 Å². The maximum atomic E-state index is 12.3. The number of nitrogens with zero attached hydrogens (tertiary/aromatic N) is 1. The average Bonchev–Trinajstić information content (AvgIpc) is 2.64. The Morgan fingerprint density at radius 1 is 1.39 bits per heavy atom.